The first-order chi connectivity index (χ1) is 12.1. The molecule has 7 heteroatoms. The molecule has 2 heterocycles. The first-order valence-corrected chi connectivity index (χ1v) is 8.86. The SMILES string of the molecule is CC(c1ccccc1)n1c(Cc2cccnc2)nnc1SCC(=O)O. The predicted octanol–water partition coefficient (Wildman–Crippen LogP) is 3.05. The van der Waals surface area contributed by atoms with Gasteiger partial charge in [0, 0.05) is 18.8 Å². The maximum Gasteiger partial charge on any atom is 0.313 e. The molecule has 1 N–H and O–H groups in total. The van der Waals surface area contributed by atoms with E-state index in [-0.39, 0.29) is 11.8 Å². The van der Waals surface area contributed by atoms with Crippen molar-refractivity contribution in [2.45, 2.75) is 24.5 Å². The molecule has 0 spiro atoms. The molecule has 128 valence electrons. The van der Waals surface area contributed by atoms with Crippen molar-refractivity contribution in [1.82, 2.24) is 19.7 Å². The molecule has 3 rings (SSSR count). The third kappa shape index (κ3) is 4.24. The van der Waals surface area contributed by atoms with Crippen LogP contribution in [0.1, 0.15) is 29.9 Å². The summed E-state index contributed by atoms with van der Waals surface area (Å²) in [5, 5.41) is 18.1. The Bertz CT molecular complexity index is 837. The molecule has 0 aliphatic heterocycles. The molecule has 25 heavy (non-hydrogen) atoms. The molecule has 0 bridgehead atoms. The van der Waals surface area contributed by atoms with E-state index >= 15 is 0 Å². The van der Waals surface area contributed by atoms with E-state index in [1.54, 1.807) is 12.4 Å². The lowest BCUT2D eigenvalue weighted by Crippen LogP contribution is -2.13. The summed E-state index contributed by atoms with van der Waals surface area (Å²) in [6.07, 6.45) is 4.12. The summed E-state index contributed by atoms with van der Waals surface area (Å²) in [5.41, 5.74) is 2.15. The van der Waals surface area contributed by atoms with Crippen LogP contribution in [0.5, 0.6) is 0 Å². The maximum absolute atomic E-state index is 10.9. The zero-order chi connectivity index (χ0) is 17.6. The number of carboxylic acids is 1. The fourth-order valence-electron chi connectivity index (χ4n) is 2.61. The van der Waals surface area contributed by atoms with E-state index in [0.717, 1.165) is 17.0 Å². The van der Waals surface area contributed by atoms with E-state index in [1.165, 1.54) is 11.8 Å². The molecule has 1 atom stereocenters. The quantitative estimate of drug-likeness (QED) is 0.657. The molecule has 0 saturated heterocycles. The molecule has 0 radical (unpaired) electrons. The van der Waals surface area contributed by atoms with Gasteiger partial charge in [-0.15, -0.1) is 10.2 Å². The number of carboxylic acid groups (broad SMARTS) is 1. The predicted molar refractivity (Wildman–Crippen MR) is 95.7 cm³/mol. The summed E-state index contributed by atoms with van der Waals surface area (Å²) in [6.45, 7) is 2.07. The number of aliphatic carboxylic acids is 1. The summed E-state index contributed by atoms with van der Waals surface area (Å²) in [6, 6.07) is 13.9. The standard InChI is InChI=1S/C18H18N4O2S/c1-13(15-7-3-2-4-8-15)22-16(10-14-6-5-9-19-11-14)20-21-18(22)25-12-17(23)24/h2-9,11,13H,10,12H2,1H3,(H,23,24). The summed E-state index contributed by atoms with van der Waals surface area (Å²) in [5.74, 6) is -0.134. The van der Waals surface area contributed by atoms with Crippen molar-refractivity contribution in [2.24, 2.45) is 0 Å². The average molecular weight is 354 g/mol. The minimum absolute atomic E-state index is 0.000772. The summed E-state index contributed by atoms with van der Waals surface area (Å²) in [4.78, 5) is 15.1. The van der Waals surface area contributed by atoms with Crippen LogP contribution in [-0.4, -0.2) is 36.6 Å². The Morgan fingerprint density at radius 3 is 2.68 bits per heavy atom. The number of pyridine rings is 1. The van der Waals surface area contributed by atoms with Crippen LogP contribution in [-0.2, 0) is 11.2 Å². The smallest absolute Gasteiger partial charge is 0.313 e. The highest BCUT2D eigenvalue weighted by atomic mass is 32.2. The molecule has 1 aromatic carbocycles. The lowest BCUT2D eigenvalue weighted by atomic mass is 10.1. The third-order valence-electron chi connectivity index (χ3n) is 3.81. The van der Waals surface area contributed by atoms with Gasteiger partial charge in [-0.05, 0) is 24.1 Å². The Hall–Kier alpha value is -2.67. The zero-order valence-corrected chi connectivity index (χ0v) is 14.6. The first-order valence-electron chi connectivity index (χ1n) is 7.87. The number of rotatable bonds is 7. The lowest BCUT2D eigenvalue weighted by Gasteiger charge is -2.18. The Labute approximate surface area is 149 Å². The highest BCUT2D eigenvalue weighted by Gasteiger charge is 2.20. The van der Waals surface area contributed by atoms with Crippen molar-refractivity contribution in [3.63, 3.8) is 0 Å². The van der Waals surface area contributed by atoms with Crippen LogP contribution >= 0.6 is 11.8 Å². The van der Waals surface area contributed by atoms with E-state index in [9.17, 15) is 4.79 Å². The molecule has 0 saturated carbocycles. The Morgan fingerprint density at radius 1 is 1.20 bits per heavy atom. The van der Waals surface area contributed by atoms with Crippen molar-refractivity contribution in [1.29, 1.82) is 0 Å². The van der Waals surface area contributed by atoms with E-state index < -0.39 is 5.97 Å². The molecule has 0 aliphatic rings. The van der Waals surface area contributed by atoms with Gasteiger partial charge in [-0.25, -0.2) is 0 Å². The van der Waals surface area contributed by atoms with Gasteiger partial charge < -0.3 is 5.11 Å². The number of hydrogen-bond donors (Lipinski definition) is 1. The maximum atomic E-state index is 10.9. The van der Waals surface area contributed by atoms with Crippen LogP contribution in [0, 0.1) is 0 Å². The molecule has 6 nitrogen and oxygen atoms in total. The number of hydrogen-bond acceptors (Lipinski definition) is 5. The largest absolute Gasteiger partial charge is 0.481 e. The molecular formula is C18H18N4O2S. The van der Waals surface area contributed by atoms with Crippen LogP contribution in [0.4, 0.5) is 0 Å². The van der Waals surface area contributed by atoms with Gasteiger partial charge in [0.2, 0.25) is 0 Å². The van der Waals surface area contributed by atoms with Gasteiger partial charge in [0.1, 0.15) is 5.82 Å². The molecule has 0 amide bonds. The van der Waals surface area contributed by atoms with Crippen molar-refractivity contribution < 1.29 is 9.90 Å². The number of nitrogens with zero attached hydrogens (tertiary/aromatic N) is 4. The monoisotopic (exact) mass is 354 g/mol. The fourth-order valence-corrected chi connectivity index (χ4v) is 3.36. The van der Waals surface area contributed by atoms with Gasteiger partial charge in [0.25, 0.3) is 0 Å². The van der Waals surface area contributed by atoms with Crippen molar-refractivity contribution in [2.75, 3.05) is 5.75 Å². The topological polar surface area (TPSA) is 80.9 Å². The van der Waals surface area contributed by atoms with Crippen molar-refractivity contribution >= 4 is 17.7 Å². The molecule has 3 aromatic rings. The normalized spacial score (nSPS) is 12.0. The number of benzene rings is 1. The van der Waals surface area contributed by atoms with Crippen LogP contribution in [0.2, 0.25) is 0 Å². The molecule has 1 unspecified atom stereocenters. The number of aromatic nitrogens is 4. The van der Waals surface area contributed by atoms with E-state index in [0.29, 0.717) is 11.6 Å². The molecular weight excluding hydrogens is 336 g/mol. The summed E-state index contributed by atoms with van der Waals surface area (Å²) in [7, 11) is 0. The van der Waals surface area contributed by atoms with E-state index in [4.69, 9.17) is 5.11 Å². The van der Waals surface area contributed by atoms with Crippen molar-refractivity contribution in [3.8, 4) is 0 Å². The van der Waals surface area contributed by atoms with Crippen LogP contribution in [0.3, 0.4) is 0 Å². The lowest BCUT2D eigenvalue weighted by molar-refractivity contribution is -0.133. The minimum Gasteiger partial charge on any atom is -0.481 e. The first kappa shape index (κ1) is 17.2. The van der Waals surface area contributed by atoms with Gasteiger partial charge in [-0.1, -0.05) is 48.2 Å². The van der Waals surface area contributed by atoms with Gasteiger partial charge >= 0.3 is 5.97 Å². The Kier molecular flexibility index (Phi) is 5.45. The van der Waals surface area contributed by atoms with Crippen LogP contribution in [0.25, 0.3) is 0 Å². The second-order valence-corrected chi connectivity index (χ2v) is 6.52. The van der Waals surface area contributed by atoms with Gasteiger partial charge in [-0.2, -0.15) is 0 Å². The molecule has 2 aromatic heterocycles. The second kappa shape index (κ2) is 7.94. The van der Waals surface area contributed by atoms with Crippen LogP contribution < -0.4 is 0 Å². The zero-order valence-electron chi connectivity index (χ0n) is 13.7. The average Bonchev–Trinajstić information content (AvgIpc) is 3.03. The van der Waals surface area contributed by atoms with Gasteiger partial charge in [-0.3, -0.25) is 14.3 Å². The van der Waals surface area contributed by atoms with E-state index in [1.807, 2.05) is 47.0 Å². The summed E-state index contributed by atoms with van der Waals surface area (Å²) >= 11 is 1.18. The van der Waals surface area contributed by atoms with E-state index in [2.05, 4.69) is 22.1 Å². The highest BCUT2D eigenvalue weighted by molar-refractivity contribution is 7.99. The molecule has 0 fully saturated rings. The Morgan fingerprint density at radius 2 is 2.00 bits per heavy atom. The number of carbonyl (C=O) groups is 1. The minimum atomic E-state index is -0.874. The highest BCUT2D eigenvalue weighted by Crippen LogP contribution is 2.27. The Balaban J connectivity index is 1.96. The third-order valence-corrected chi connectivity index (χ3v) is 4.74. The number of thioether (sulfide) groups is 1. The van der Waals surface area contributed by atoms with Gasteiger partial charge in [0.05, 0.1) is 11.8 Å². The second-order valence-electron chi connectivity index (χ2n) is 5.58. The summed E-state index contributed by atoms with van der Waals surface area (Å²) < 4.78 is 2.01. The van der Waals surface area contributed by atoms with Gasteiger partial charge in [0.15, 0.2) is 5.16 Å². The van der Waals surface area contributed by atoms with Crippen LogP contribution in [0.15, 0.2) is 60.0 Å². The van der Waals surface area contributed by atoms with Crippen molar-refractivity contribution in [3.05, 3.63) is 71.8 Å². The molecule has 0 aliphatic carbocycles. The fraction of sp³-hybridized carbons (Fsp3) is 0.222.